The van der Waals surface area contributed by atoms with E-state index in [1.165, 1.54) is 11.1 Å². The number of para-hydroxylation sites is 2. The van der Waals surface area contributed by atoms with E-state index in [1.807, 2.05) is 23.0 Å². The standard InChI is InChI=1S/C24H29N7.HI/c1-3-25-24(26-14-16-31-19(2)29-22-11-6-7-12-23(22)31)27-17-20-9-4-5-10-21(20)18-30-15-8-13-28-30;/h4-13,15H,3,14,16-18H2,1-2H3,(H2,25,26,27);1H. The third-order valence-electron chi connectivity index (χ3n) is 5.23. The Morgan fingerprint density at radius 3 is 2.56 bits per heavy atom. The fraction of sp³-hybridized carbons (Fsp3) is 0.292. The highest BCUT2D eigenvalue weighted by molar-refractivity contribution is 14.0. The number of benzene rings is 2. The predicted octanol–water partition coefficient (Wildman–Crippen LogP) is 3.96. The van der Waals surface area contributed by atoms with E-state index >= 15 is 0 Å². The highest BCUT2D eigenvalue weighted by Gasteiger charge is 2.07. The molecule has 0 bridgehead atoms. The zero-order valence-electron chi connectivity index (χ0n) is 18.5. The molecule has 0 unspecified atom stereocenters. The Kier molecular flexibility index (Phi) is 8.66. The van der Waals surface area contributed by atoms with Crippen LogP contribution >= 0.6 is 24.0 Å². The van der Waals surface area contributed by atoms with Crippen molar-refractivity contribution < 1.29 is 0 Å². The molecular weight excluding hydrogens is 513 g/mol. The van der Waals surface area contributed by atoms with Gasteiger partial charge in [-0.3, -0.25) is 4.68 Å². The number of hydrogen-bond acceptors (Lipinski definition) is 3. The Bertz CT molecular complexity index is 1150. The number of guanidine groups is 1. The zero-order valence-corrected chi connectivity index (χ0v) is 20.9. The molecule has 2 N–H and O–H groups in total. The summed E-state index contributed by atoms with van der Waals surface area (Å²) in [6.07, 6.45) is 3.78. The number of halogens is 1. The maximum Gasteiger partial charge on any atom is 0.191 e. The minimum Gasteiger partial charge on any atom is -0.357 e. The van der Waals surface area contributed by atoms with Gasteiger partial charge in [0.05, 0.1) is 24.1 Å². The predicted molar refractivity (Wildman–Crippen MR) is 140 cm³/mol. The summed E-state index contributed by atoms with van der Waals surface area (Å²) < 4.78 is 4.18. The molecule has 0 fully saturated rings. The maximum absolute atomic E-state index is 4.82. The van der Waals surface area contributed by atoms with Crippen molar-refractivity contribution in [2.45, 2.75) is 33.5 Å². The van der Waals surface area contributed by atoms with Gasteiger partial charge in [-0.25, -0.2) is 9.98 Å². The van der Waals surface area contributed by atoms with Crippen molar-refractivity contribution in [3.8, 4) is 0 Å². The molecule has 0 amide bonds. The number of nitrogens with one attached hydrogen (secondary N) is 2. The van der Waals surface area contributed by atoms with E-state index in [2.05, 4.69) is 81.6 Å². The van der Waals surface area contributed by atoms with E-state index in [0.29, 0.717) is 6.54 Å². The molecule has 0 spiro atoms. The summed E-state index contributed by atoms with van der Waals surface area (Å²) in [4.78, 5) is 9.46. The smallest absolute Gasteiger partial charge is 0.191 e. The molecule has 4 rings (SSSR count). The maximum atomic E-state index is 4.82. The van der Waals surface area contributed by atoms with Crippen LogP contribution in [0.4, 0.5) is 0 Å². The zero-order chi connectivity index (χ0) is 21.5. The van der Waals surface area contributed by atoms with Crippen LogP contribution < -0.4 is 10.6 Å². The third-order valence-corrected chi connectivity index (χ3v) is 5.23. The summed E-state index contributed by atoms with van der Waals surface area (Å²) in [6.45, 7) is 7.89. The number of imidazole rings is 1. The Labute approximate surface area is 206 Å². The first-order chi connectivity index (χ1) is 15.2. The molecular formula is C24H30IN7. The van der Waals surface area contributed by atoms with Crippen LogP contribution in [0.15, 0.2) is 72.0 Å². The average Bonchev–Trinajstić information content (AvgIpc) is 3.40. The van der Waals surface area contributed by atoms with Crippen LogP contribution in [0, 0.1) is 6.92 Å². The van der Waals surface area contributed by atoms with Crippen molar-refractivity contribution in [2.75, 3.05) is 13.1 Å². The second-order valence-electron chi connectivity index (χ2n) is 7.39. The number of aromatic nitrogens is 4. The second-order valence-corrected chi connectivity index (χ2v) is 7.39. The molecule has 0 saturated heterocycles. The molecule has 2 aromatic heterocycles. The molecule has 168 valence electrons. The van der Waals surface area contributed by atoms with Gasteiger partial charge in [0.25, 0.3) is 0 Å². The van der Waals surface area contributed by atoms with Gasteiger partial charge in [-0.05, 0) is 43.2 Å². The minimum atomic E-state index is 0. The van der Waals surface area contributed by atoms with Crippen LogP contribution in [-0.4, -0.2) is 38.4 Å². The molecule has 4 aromatic rings. The lowest BCUT2D eigenvalue weighted by Gasteiger charge is -2.14. The van der Waals surface area contributed by atoms with Gasteiger partial charge >= 0.3 is 0 Å². The number of aliphatic imine (C=N–C) groups is 1. The molecule has 0 aliphatic carbocycles. The normalized spacial score (nSPS) is 11.4. The highest BCUT2D eigenvalue weighted by Crippen LogP contribution is 2.15. The quantitative estimate of drug-likeness (QED) is 0.201. The summed E-state index contributed by atoms with van der Waals surface area (Å²) in [7, 11) is 0. The lowest BCUT2D eigenvalue weighted by Crippen LogP contribution is -2.39. The summed E-state index contributed by atoms with van der Waals surface area (Å²) in [5.41, 5.74) is 4.63. The lowest BCUT2D eigenvalue weighted by atomic mass is 10.1. The van der Waals surface area contributed by atoms with Crippen LogP contribution in [0.2, 0.25) is 0 Å². The largest absolute Gasteiger partial charge is 0.357 e. The van der Waals surface area contributed by atoms with Crippen molar-refractivity contribution in [3.63, 3.8) is 0 Å². The molecule has 32 heavy (non-hydrogen) atoms. The van der Waals surface area contributed by atoms with Crippen molar-refractivity contribution in [1.82, 2.24) is 30.0 Å². The van der Waals surface area contributed by atoms with Crippen molar-refractivity contribution >= 4 is 41.0 Å². The minimum absolute atomic E-state index is 0. The first-order valence-corrected chi connectivity index (χ1v) is 10.7. The fourth-order valence-corrected chi connectivity index (χ4v) is 3.70. The first kappa shape index (κ1) is 23.8. The summed E-state index contributed by atoms with van der Waals surface area (Å²) in [5, 5.41) is 11.1. The van der Waals surface area contributed by atoms with Gasteiger partial charge in [0.2, 0.25) is 0 Å². The van der Waals surface area contributed by atoms with E-state index < -0.39 is 0 Å². The van der Waals surface area contributed by atoms with Gasteiger partial charge in [-0.1, -0.05) is 36.4 Å². The van der Waals surface area contributed by atoms with Crippen molar-refractivity contribution in [1.29, 1.82) is 0 Å². The molecule has 2 aromatic carbocycles. The molecule has 0 aliphatic rings. The number of hydrogen-bond donors (Lipinski definition) is 2. The molecule has 8 heteroatoms. The van der Waals surface area contributed by atoms with Gasteiger partial charge < -0.3 is 15.2 Å². The lowest BCUT2D eigenvalue weighted by molar-refractivity contribution is 0.659. The van der Waals surface area contributed by atoms with Gasteiger partial charge in [-0.2, -0.15) is 5.10 Å². The van der Waals surface area contributed by atoms with Crippen LogP contribution in [0.5, 0.6) is 0 Å². The van der Waals surface area contributed by atoms with Crippen LogP contribution in [-0.2, 0) is 19.6 Å². The van der Waals surface area contributed by atoms with Crippen LogP contribution in [0.1, 0.15) is 23.9 Å². The Hall–Kier alpha value is -2.88. The van der Waals surface area contributed by atoms with E-state index in [-0.39, 0.29) is 24.0 Å². The SMILES string of the molecule is CCNC(=NCc1ccccc1Cn1cccn1)NCCn1c(C)nc2ccccc21.I. The van der Waals surface area contributed by atoms with Crippen LogP contribution in [0.25, 0.3) is 11.0 Å². The molecule has 0 radical (unpaired) electrons. The first-order valence-electron chi connectivity index (χ1n) is 10.7. The van der Waals surface area contributed by atoms with Gasteiger partial charge in [0.1, 0.15) is 5.82 Å². The van der Waals surface area contributed by atoms with E-state index in [9.17, 15) is 0 Å². The summed E-state index contributed by atoms with van der Waals surface area (Å²) >= 11 is 0. The molecule has 0 aliphatic heterocycles. The number of fused-ring (bicyclic) bond motifs is 1. The van der Waals surface area contributed by atoms with E-state index in [1.54, 1.807) is 6.20 Å². The van der Waals surface area contributed by atoms with Crippen molar-refractivity contribution in [3.05, 3.63) is 83.9 Å². The molecule has 0 atom stereocenters. The summed E-state index contributed by atoms with van der Waals surface area (Å²) in [6, 6.07) is 18.6. The molecule has 0 saturated carbocycles. The Balaban J connectivity index is 0.00000289. The van der Waals surface area contributed by atoms with Gasteiger partial charge in [0, 0.05) is 32.0 Å². The topological polar surface area (TPSA) is 72.1 Å². The average molecular weight is 543 g/mol. The fourth-order valence-electron chi connectivity index (χ4n) is 3.70. The van der Waals surface area contributed by atoms with Crippen molar-refractivity contribution in [2.24, 2.45) is 4.99 Å². The Morgan fingerprint density at radius 1 is 1.00 bits per heavy atom. The monoisotopic (exact) mass is 543 g/mol. The van der Waals surface area contributed by atoms with E-state index in [4.69, 9.17) is 4.99 Å². The third kappa shape index (κ3) is 5.87. The Morgan fingerprint density at radius 2 is 1.78 bits per heavy atom. The molecule has 7 nitrogen and oxygen atoms in total. The van der Waals surface area contributed by atoms with Crippen LogP contribution in [0.3, 0.4) is 0 Å². The van der Waals surface area contributed by atoms with E-state index in [0.717, 1.165) is 49.0 Å². The molecule has 2 heterocycles. The van der Waals surface area contributed by atoms with Gasteiger partial charge in [-0.15, -0.1) is 24.0 Å². The number of aryl methyl sites for hydroxylation is 1. The number of nitrogens with zero attached hydrogens (tertiary/aromatic N) is 5. The highest BCUT2D eigenvalue weighted by atomic mass is 127. The summed E-state index contributed by atoms with van der Waals surface area (Å²) in [5.74, 6) is 1.84. The second kappa shape index (κ2) is 11.7. The number of rotatable bonds is 8. The van der Waals surface area contributed by atoms with Gasteiger partial charge in [0.15, 0.2) is 5.96 Å².